The van der Waals surface area contributed by atoms with Gasteiger partial charge >= 0.3 is 29.6 Å². The molecule has 1 heterocycles. The van der Waals surface area contributed by atoms with E-state index in [-0.39, 0.29) is 35.9 Å². The Balaban J connectivity index is 0.00000200. The van der Waals surface area contributed by atoms with E-state index in [0.717, 1.165) is 0 Å². The molecule has 108 valence electrons. The van der Waals surface area contributed by atoms with Crippen molar-refractivity contribution in [2.45, 2.75) is 4.90 Å². The summed E-state index contributed by atoms with van der Waals surface area (Å²) in [5.41, 5.74) is 3.68. The van der Waals surface area contributed by atoms with Crippen molar-refractivity contribution >= 4 is 39.4 Å². The van der Waals surface area contributed by atoms with Crippen molar-refractivity contribution in [3.8, 4) is 0 Å². The van der Waals surface area contributed by atoms with Crippen LogP contribution in [0.4, 0.5) is 5.69 Å². The quantitative estimate of drug-likeness (QED) is 0.389. The third kappa shape index (κ3) is 5.30. The Morgan fingerprint density at radius 1 is 1.10 bits per heavy atom. The van der Waals surface area contributed by atoms with Gasteiger partial charge in [-0.1, -0.05) is 0 Å². The molecule has 1 saturated heterocycles. The van der Waals surface area contributed by atoms with Crippen molar-refractivity contribution in [2.75, 3.05) is 25.4 Å². The van der Waals surface area contributed by atoms with Crippen molar-refractivity contribution < 1.29 is 44.0 Å². The number of rotatable bonds is 3. The molecule has 0 bridgehead atoms. The Hall–Kier alpha value is 0.390. The number of nitrogens with one attached hydrogen (secondary N) is 1. The second-order valence-electron chi connectivity index (χ2n) is 4.00. The summed E-state index contributed by atoms with van der Waals surface area (Å²) < 4.78 is 33.6. The van der Waals surface area contributed by atoms with Gasteiger partial charge < -0.3 is 6.85 Å². The summed E-state index contributed by atoms with van der Waals surface area (Å²) in [6, 6.07) is 5.68. The van der Waals surface area contributed by atoms with Crippen LogP contribution in [-0.2, 0) is 10.1 Å². The third-order valence-electron chi connectivity index (χ3n) is 2.39. The number of nitrogens with zero attached hydrogens (tertiary/aromatic N) is 3. The van der Waals surface area contributed by atoms with E-state index in [2.05, 4.69) is 5.43 Å². The molecule has 7 nitrogen and oxygen atoms in total. The first-order valence-corrected chi connectivity index (χ1v) is 7.37. The minimum absolute atomic E-state index is 0. The Bertz CT molecular complexity index is 540. The predicted molar refractivity (Wildman–Crippen MR) is 72.8 cm³/mol. The second kappa shape index (κ2) is 7.59. The molecule has 1 fully saturated rings. The first-order chi connectivity index (χ1) is 8.84. The smallest absolute Gasteiger partial charge is 1.00 e. The first kappa shape index (κ1) is 18.4. The molecule has 0 spiro atoms. The fourth-order valence-corrected chi connectivity index (χ4v) is 2.68. The van der Waals surface area contributed by atoms with Crippen LogP contribution in [0.25, 0.3) is 0 Å². The van der Waals surface area contributed by atoms with E-state index in [9.17, 15) is 8.42 Å². The molecule has 0 aliphatic carbocycles. The standard InChI is InChI=1S/C9H12Cl2N4O3S.Na.H/c10-13-5-14(11)7-15(6-13)12-8-1-3-9(4-2-8)19(16,17)18;;/h1-4,12H,5-7H2,(H,16,17,18);;/q;+1;-1. The molecule has 1 aromatic carbocycles. The summed E-state index contributed by atoms with van der Waals surface area (Å²) in [6.45, 7) is 1.33. The van der Waals surface area contributed by atoms with Crippen LogP contribution in [0.3, 0.4) is 0 Å². The van der Waals surface area contributed by atoms with Crippen molar-refractivity contribution in [1.82, 2.24) is 13.8 Å². The van der Waals surface area contributed by atoms with Crippen molar-refractivity contribution in [3.63, 3.8) is 0 Å². The van der Waals surface area contributed by atoms with Gasteiger partial charge in [-0.15, -0.1) is 0 Å². The van der Waals surface area contributed by atoms with E-state index >= 15 is 0 Å². The molecule has 1 aromatic rings. The molecule has 1 aliphatic heterocycles. The van der Waals surface area contributed by atoms with E-state index in [4.69, 9.17) is 28.1 Å². The normalized spacial score (nSPS) is 18.6. The molecule has 0 unspecified atom stereocenters. The van der Waals surface area contributed by atoms with E-state index in [0.29, 0.717) is 25.7 Å². The van der Waals surface area contributed by atoms with Crippen LogP contribution < -0.4 is 35.0 Å². The van der Waals surface area contributed by atoms with E-state index in [1.807, 2.05) is 0 Å². The van der Waals surface area contributed by atoms with E-state index < -0.39 is 10.1 Å². The second-order valence-corrected chi connectivity index (χ2v) is 6.38. The van der Waals surface area contributed by atoms with E-state index in [1.165, 1.54) is 33.1 Å². The molecule has 20 heavy (non-hydrogen) atoms. The minimum Gasteiger partial charge on any atom is -1.00 e. The average Bonchev–Trinajstić information content (AvgIpc) is 2.26. The van der Waals surface area contributed by atoms with Crippen LogP contribution in [-0.4, -0.2) is 46.8 Å². The van der Waals surface area contributed by atoms with Gasteiger partial charge in [-0.25, -0.2) is 0 Å². The Morgan fingerprint density at radius 3 is 2.05 bits per heavy atom. The number of hydrogen-bond acceptors (Lipinski definition) is 6. The number of halogens is 2. The molecule has 0 atom stereocenters. The van der Waals surface area contributed by atoms with Crippen LogP contribution in [0.1, 0.15) is 1.43 Å². The van der Waals surface area contributed by atoms with Gasteiger partial charge in [0.2, 0.25) is 0 Å². The molecule has 0 saturated carbocycles. The summed E-state index contributed by atoms with van der Waals surface area (Å²) >= 11 is 11.7. The maximum Gasteiger partial charge on any atom is 1.00 e. The van der Waals surface area contributed by atoms with Gasteiger partial charge in [0.1, 0.15) is 0 Å². The summed E-state index contributed by atoms with van der Waals surface area (Å²) in [5.74, 6) is 0. The van der Waals surface area contributed by atoms with Gasteiger partial charge in [0, 0.05) is 5.69 Å². The van der Waals surface area contributed by atoms with Crippen LogP contribution in [0.5, 0.6) is 0 Å². The summed E-state index contributed by atoms with van der Waals surface area (Å²) in [5, 5.41) is 1.74. The maximum absolute atomic E-state index is 10.9. The molecule has 0 aromatic heterocycles. The van der Waals surface area contributed by atoms with Gasteiger partial charge in [0.05, 0.1) is 24.9 Å². The molecule has 1 aliphatic rings. The maximum atomic E-state index is 10.9. The molecular formula is C9H13Cl2N4NaO3S. The fourth-order valence-electron chi connectivity index (χ4n) is 1.63. The van der Waals surface area contributed by atoms with Gasteiger partial charge in [-0.05, 0) is 47.8 Å². The van der Waals surface area contributed by atoms with E-state index in [1.54, 1.807) is 5.01 Å². The first-order valence-electron chi connectivity index (χ1n) is 5.25. The molecule has 0 radical (unpaired) electrons. The predicted octanol–water partition coefficient (Wildman–Crippen LogP) is -1.52. The number of benzene rings is 1. The SMILES string of the molecule is O=S(=O)(O)c1ccc(NN2CN(Cl)CN(Cl)C2)cc1.[H-].[Na+]. The number of anilines is 1. The van der Waals surface area contributed by atoms with Crippen LogP contribution in [0.2, 0.25) is 0 Å². The van der Waals surface area contributed by atoms with Gasteiger partial charge in [-0.3, -0.25) is 4.55 Å². The van der Waals surface area contributed by atoms with Crippen molar-refractivity contribution in [2.24, 2.45) is 0 Å². The average molecular weight is 351 g/mol. The monoisotopic (exact) mass is 350 g/mol. The van der Waals surface area contributed by atoms with Crippen LogP contribution in [0.15, 0.2) is 29.2 Å². The summed E-state index contributed by atoms with van der Waals surface area (Å²) in [4.78, 5) is -0.158. The van der Waals surface area contributed by atoms with Crippen molar-refractivity contribution in [1.29, 1.82) is 0 Å². The fraction of sp³-hybridized carbons (Fsp3) is 0.333. The molecule has 2 rings (SSSR count). The molecule has 0 amide bonds. The zero-order valence-electron chi connectivity index (χ0n) is 11.7. The van der Waals surface area contributed by atoms with Gasteiger partial charge in [-0.2, -0.15) is 22.3 Å². The Labute approximate surface area is 151 Å². The number of hydrazine groups is 1. The Morgan fingerprint density at radius 2 is 1.60 bits per heavy atom. The zero-order valence-corrected chi connectivity index (χ0v) is 15.0. The van der Waals surface area contributed by atoms with Crippen molar-refractivity contribution in [3.05, 3.63) is 24.3 Å². The zero-order chi connectivity index (χ0) is 14.0. The molecular weight excluding hydrogens is 338 g/mol. The largest absolute Gasteiger partial charge is 1.00 e. The van der Waals surface area contributed by atoms with Gasteiger partial charge in [0.25, 0.3) is 10.1 Å². The van der Waals surface area contributed by atoms with Crippen LogP contribution >= 0.6 is 23.6 Å². The number of hydrogen-bond donors (Lipinski definition) is 2. The molecule has 11 heteroatoms. The topological polar surface area (TPSA) is 76.1 Å². The van der Waals surface area contributed by atoms with Crippen LogP contribution in [0, 0.1) is 0 Å². The summed E-state index contributed by atoms with van der Waals surface area (Å²) in [6.07, 6.45) is 0. The Kier molecular flexibility index (Phi) is 7.00. The molecule has 2 N–H and O–H groups in total. The van der Waals surface area contributed by atoms with Gasteiger partial charge in [0.15, 0.2) is 0 Å². The minimum atomic E-state index is -4.17. The third-order valence-corrected chi connectivity index (χ3v) is 3.69. The summed E-state index contributed by atoms with van der Waals surface area (Å²) in [7, 11) is -4.17.